The summed E-state index contributed by atoms with van der Waals surface area (Å²) in [7, 11) is 1.26. The molecular formula is C30H31N5O6. The predicted molar refractivity (Wildman–Crippen MR) is 151 cm³/mol. The fourth-order valence-corrected chi connectivity index (χ4v) is 4.75. The number of benzene rings is 3. The Labute approximate surface area is 237 Å². The summed E-state index contributed by atoms with van der Waals surface area (Å²) in [4.78, 5) is 39.6. The number of alkyl carbamates (subject to hydrolysis) is 2. The highest BCUT2D eigenvalue weighted by atomic mass is 16.6. The number of methoxy groups -OCH3 is 1. The van der Waals surface area contributed by atoms with E-state index in [2.05, 4.69) is 32.8 Å². The number of hydrogen-bond acceptors (Lipinski definition) is 7. The molecule has 1 atom stereocenters. The van der Waals surface area contributed by atoms with Crippen molar-refractivity contribution in [3.63, 3.8) is 0 Å². The number of azide groups is 1. The zero-order valence-electron chi connectivity index (χ0n) is 22.6. The first kappa shape index (κ1) is 29.0. The quantitative estimate of drug-likeness (QED) is 0.0685. The van der Waals surface area contributed by atoms with Gasteiger partial charge < -0.3 is 24.8 Å². The monoisotopic (exact) mass is 557 g/mol. The Morgan fingerprint density at radius 2 is 1.56 bits per heavy atom. The van der Waals surface area contributed by atoms with Gasteiger partial charge in [0.15, 0.2) is 0 Å². The summed E-state index contributed by atoms with van der Waals surface area (Å²) in [5, 5.41) is 8.76. The lowest BCUT2D eigenvalue weighted by molar-refractivity contribution is -0.143. The van der Waals surface area contributed by atoms with Crippen molar-refractivity contribution in [2.45, 2.75) is 37.8 Å². The van der Waals surface area contributed by atoms with Crippen molar-refractivity contribution < 1.29 is 28.6 Å². The average molecular weight is 558 g/mol. The number of fused-ring (bicyclic) bond motifs is 3. The molecule has 0 fully saturated rings. The van der Waals surface area contributed by atoms with Crippen LogP contribution >= 0.6 is 0 Å². The van der Waals surface area contributed by atoms with Crippen molar-refractivity contribution >= 4 is 23.8 Å². The molecule has 0 heterocycles. The van der Waals surface area contributed by atoms with Crippen LogP contribution in [0.25, 0.3) is 21.6 Å². The van der Waals surface area contributed by atoms with Crippen LogP contribution < -0.4 is 10.6 Å². The van der Waals surface area contributed by atoms with Crippen LogP contribution in [0, 0.1) is 0 Å². The second-order valence-corrected chi connectivity index (χ2v) is 9.40. The van der Waals surface area contributed by atoms with Gasteiger partial charge in [0, 0.05) is 23.1 Å². The maximum atomic E-state index is 12.6. The summed E-state index contributed by atoms with van der Waals surface area (Å²) < 4.78 is 15.6. The summed E-state index contributed by atoms with van der Waals surface area (Å²) in [5.41, 5.74) is 14.1. The molecule has 0 aliphatic heterocycles. The molecule has 0 bridgehead atoms. The molecule has 0 radical (unpaired) electrons. The fraction of sp³-hybridized carbons (Fsp3) is 0.300. The highest BCUT2D eigenvalue weighted by molar-refractivity contribution is 5.82. The van der Waals surface area contributed by atoms with Gasteiger partial charge in [0.05, 0.1) is 7.11 Å². The van der Waals surface area contributed by atoms with E-state index in [1.165, 1.54) is 7.11 Å². The molecule has 2 N–H and O–H groups in total. The van der Waals surface area contributed by atoms with Gasteiger partial charge in [-0.25, -0.2) is 14.4 Å². The Bertz CT molecular complexity index is 1380. The minimum Gasteiger partial charge on any atom is -0.467 e. The number of carbonyl (C=O) groups is 3. The van der Waals surface area contributed by atoms with Crippen molar-refractivity contribution in [2.75, 3.05) is 20.3 Å². The van der Waals surface area contributed by atoms with Gasteiger partial charge in [-0.15, -0.1) is 0 Å². The van der Waals surface area contributed by atoms with E-state index < -0.39 is 24.2 Å². The lowest BCUT2D eigenvalue weighted by Gasteiger charge is -2.18. The number of amides is 2. The van der Waals surface area contributed by atoms with E-state index in [0.29, 0.717) is 31.5 Å². The first-order chi connectivity index (χ1) is 20.0. The smallest absolute Gasteiger partial charge is 0.407 e. The van der Waals surface area contributed by atoms with E-state index >= 15 is 0 Å². The fourth-order valence-electron chi connectivity index (χ4n) is 4.75. The third kappa shape index (κ3) is 7.77. The molecule has 1 aliphatic carbocycles. The van der Waals surface area contributed by atoms with Crippen LogP contribution in [0.15, 0.2) is 77.9 Å². The summed E-state index contributed by atoms with van der Waals surface area (Å²) in [6.07, 6.45) is 0.118. The molecule has 0 saturated carbocycles. The number of unbranched alkanes of at least 4 members (excludes halogenated alkanes) is 1. The number of nitrogens with zero attached hydrogens (tertiary/aromatic N) is 3. The molecule has 0 aromatic heterocycles. The predicted octanol–water partition coefficient (Wildman–Crippen LogP) is 6.11. The molecule has 0 saturated heterocycles. The number of hydrogen-bond donors (Lipinski definition) is 2. The van der Waals surface area contributed by atoms with Gasteiger partial charge in [-0.05, 0) is 52.6 Å². The molecule has 41 heavy (non-hydrogen) atoms. The van der Waals surface area contributed by atoms with Gasteiger partial charge in [-0.1, -0.05) is 77.9 Å². The van der Waals surface area contributed by atoms with Gasteiger partial charge in [0.1, 0.15) is 19.3 Å². The van der Waals surface area contributed by atoms with Gasteiger partial charge in [0.25, 0.3) is 0 Å². The number of rotatable bonds is 12. The highest BCUT2D eigenvalue weighted by Gasteiger charge is 2.29. The third-order valence-electron chi connectivity index (χ3n) is 6.78. The minimum absolute atomic E-state index is 0.0663. The van der Waals surface area contributed by atoms with Crippen molar-refractivity contribution in [3.8, 4) is 11.1 Å². The molecule has 0 unspecified atom stereocenters. The van der Waals surface area contributed by atoms with E-state index in [1.54, 1.807) is 24.3 Å². The lowest BCUT2D eigenvalue weighted by atomic mass is 9.98. The second-order valence-electron chi connectivity index (χ2n) is 9.40. The standard InChI is InChI=1S/C30H31N5O6/c1-39-28(36)27(12-6-7-17-32-29(37)40-18-20-13-15-21(16-14-20)34-35-31)33-30(38)41-19-26-24-10-4-2-8-22(24)23-9-3-5-11-25(23)26/h2-5,8-11,13-16,26-27H,6-7,12,17-19H2,1H3,(H,32,37)(H,33,38)/t27-/m0/s1. The van der Waals surface area contributed by atoms with Crippen LogP contribution in [0.3, 0.4) is 0 Å². The van der Waals surface area contributed by atoms with E-state index in [1.807, 2.05) is 36.4 Å². The van der Waals surface area contributed by atoms with E-state index in [0.717, 1.165) is 27.8 Å². The summed E-state index contributed by atoms with van der Waals surface area (Å²) >= 11 is 0. The molecule has 212 valence electrons. The van der Waals surface area contributed by atoms with E-state index in [9.17, 15) is 14.4 Å². The summed E-state index contributed by atoms with van der Waals surface area (Å²) in [6.45, 7) is 0.530. The Balaban J connectivity index is 1.18. The molecular weight excluding hydrogens is 526 g/mol. The zero-order valence-corrected chi connectivity index (χ0v) is 22.6. The number of carbonyl (C=O) groups excluding carboxylic acids is 3. The van der Waals surface area contributed by atoms with Crippen LogP contribution in [0.2, 0.25) is 0 Å². The van der Waals surface area contributed by atoms with Crippen LogP contribution in [-0.4, -0.2) is 44.5 Å². The van der Waals surface area contributed by atoms with E-state index in [-0.39, 0.29) is 19.1 Å². The van der Waals surface area contributed by atoms with Crippen LogP contribution in [0.1, 0.15) is 41.9 Å². The largest absolute Gasteiger partial charge is 0.467 e. The van der Waals surface area contributed by atoms with Gasteiger partial charge in [-0.3, -0.25) is 0 Å². The number of esters is 1. The number of nitrogens with one attached hydrogen (secondary N) is 2. The Kier molecular flexibility index (Phi) is 10.2. The minimum atomic E-state index is -0.879. The maximum Gasteiger partial charge on any atom is 0.407 e. The zero-order chi connectivity index (χ0) is 29.0. The van der Waals surface area contributed by atoms with Crippen molar-refractivity contribution in [1.82, 2.24) is 10.6 Å². The van der Waals surface area contributed by atoms with Gasteiger partial charge in [0.2, 0.25) is 0 Å². The Morgan fingerprint density at radius 3 is 2.20 bits per heavy atom. The molecule has 3 aromatic carbocycles. The SMILES string of the molecule is COC(=O)[C@H](CCCCNC(=O)OCc1ccc(N=[N+]=[N-])cc1)NC(=O)OCC1c2ccccc2-c2ccccc21. The van der Waals surface area contributed by atoms with Crippen LogP contribution in [-0.2, 0) is 25.6 Å². The van der Waals surface area contributed by atoms with Crippen LogP contribution in [0.4, 0.5) is 15.3 Å². The van der Waals surface area contributed by atoms with Gasteiger partial charge in [-0.2, -0.15) is 0 Å². The molecule has 2 amide bonds. The number of ether oxygens (including phenoxy) is 3. The third-order valence-corrected chi connectivity index (χ3v) is 6.78. The molecule has 11 nitrogen and oxygen atoms in total. The molecule has 11 heteroatoms. The first-order valence-corrected chi connectivity index (χ1v) is 13.2. The molecule has 1 aliphatic rings. The maximum absolute atomic E-state index is 12.6. The summed E-state index contributed by atoms with van der Waals surface area (Å²) in [5.74, 6) is -0.662. The molecule has 3 aromatic rings. The lowest BCUT2D eigenvalue weighted by Crippen LogP contribution is -2.42. The van der Waals surface area contributed by atoms with Crippen molar-refractivity contribution in [2.24, 2.45) is 5.11 Å². The van der Waals surface area contributed by atoms with Gasteiger partial charge >= 0.3 is 18.2 Å². The van der Waals surface area contributed by atoms with Crippen molar-refractivity contribution in [1.29, 1.82) is 0 Å². The Morgan fingerprint density at radius 1 is 0.902 bits per heavy atom. The second kappa shape index (κ2) is 14.4. The topological polar surface area (TPSA) is 152 Å². The first-order valence-electron chi connectivity index (χ1n) is 13.2. The molecule has 0 spiro atoms. The average Bonchev–Trinajstić information content (AvgIpc) is 3.32. The van der Waals surface area contributed by atoms with Crippen molar-refractivity contribution in [3.05, 3.63) is 99.9 Å². The summed E-state index contributed by atoms with van der Waals surface area (Å²) in [6, 6.07) is 21.9. The normalized spacial score (nSPS) is 12.2. The van der Waals surface area contributed by atoms with Crippen LogP contribution in [0.5, 0.6) is 0 Å². The highest BCUT2D eigenvalue weighted by Crippen LogP contribution is 2.44. The Hall–Kier alpha value is -5.02. The van der Waals surface area contributed by atoms with E-state index in [4.69, 9.17) is 19.7 Å². The molecule has 4 rings (SSSR count).